The lowest BCUT2D eigenvalue weighted by molar-refractivity contribution is 1.08. The van der Waals surface area contributed by atoms with Gasteiger partial charge in [0.1, 0.15) is 0 Å². The Balaban J connectivity index is 2.68. The molecular weight excluding hydrogens is 80.0 g/mol. The number of nitrogens with one attached hydrogen (secondary N) is 1. The highest BCUT2D eigenvalue weighted by Crippen LogP contribution is 1.58. The summed E-state index contributed by atoms with van der Waals surface area (Å²) in [6.07, 6.45) is 1.43. The van der Waals surface area contributed by atoms with E-state index in [9.17, 15) is 0 Å². The van der Waals surface area contributed by atoms with Crippen molar-refractivity contribution in [3.05, 3.63) is 0 Å². The molecule has 6 heavy (non-hydrogen) atoms. The summed E-state index contributed by atoms with van der Waals surface area (Å²) < 4.78 is 0. The lowest BCUT2D eigenvalue weighted by Crippen LogP contribution is -2.13. The Bertz CT molecular complexity index is 99.4. The molecule has 0 unspecified atom stereocenters. The van der Waals surface area contributed by atoms with E-state index in [2.05, 4.69) is 15.5 Å². The van der Waals surface area contributed by atoms with Crippen LogP contribution in [0.15, 0.2) is 5.10 Å². The molecule has 1 rings (SSSR count). The van der Waals surface area contributed by atoms with Gasteiger partial charge in [0.25, 0.3) is 0 Å². The summed E-state index contributed by atoms with van der Waals surface area (Å²) in [5, 5.41) is 3.46. The van der Waals surface area contributed by atoms with Crippen LogP contribution in [0.2, 0.25) is 0 Å². The summed E-state index contributed by atoms with van der Waals surface area (Å²) in [5.41, 5.74) is 7.47. The number of guanidine groups is 1. The largest absolute Gasteiger partial charge is 0.405 e. The van der Waals surface area contributed by atoms with E-state index in [1.54, 1.807) is 0 Å². The first kappa shape index (κ1) is 3.14. The quantitative estimate of drug-likeness (QED) is 0.363. The highest BCUT2D eigenvalue weighted by Gasteiger charge is 2.00. The Morgan fingerprint density at radius 3 is 3.00 bits per heavy atom. The molecule has 0 fully saturated rings. The van der Waals surface area contributed by atoms with Gasteiger partial charge in [-0.15, -0.1) is 0 Å². The third-order valence-electron chi connectivity index (χ3n) is 0.434. The Hall–Kier alpha value is -1.06. The van der Waals surface area contributed by atoms with Gasteiger partial charge in [0.2, 0.25) is 6.34 Å². The fourth-order valence-electron chi connectivity index (χ4n) is 0.219. The fourth-order valence-corrected chi connectivity index (χ4v) is 0.219. The number of rotatable bonds is 0. The van der Waals surface area contributed by atoms with Crippen molar-refractivity contribution in [1.82, 2.24) is 10.4 Å². The summed E-state index contributed by atoms with van der Waals surface area (Å²) in [4.78, 5) is 3.53. The van der Waals surface area contributed by atoms with Gasteiger partial charge in [-0.25, -0.2) is 0 Å². The van der Waals surface area contributed by atoms with E-state index < -0.39 is 0 Å². The van der Waals surface area contributed by atoms with Gasteiger partial charge >= 0.3 is 5.96 Å². The van der Waals surface area contributed by atoms with Gasteiger partial charge in [-0.1, -0.05) is 4.99 Å². The summed E-state index contributed by atoms with van der Waals surface area (Å²) in [7, 11) is 0. The second-order valence-corrected chi connectivity index (χ2v) is 0.857. The lowest BCUT2D eigenvalue weighted by atomic mass is 11.1. The van der Waals surface area contributed by atoms with Crippen LogP contribution in [-0.2, 0) is 0 Å². The summed E-state index contributed by atoms with van der Waals surface area (Å²) >= 11 is 0. The van der Waals surface area contributed by atoms with Crippen LogP contribution < -0.4 is 16.2 Å². The van der Waals surface area contributed by atoms with Crippen molar-refractivity contribution in [2.24, 2.45) is 10.8 Å². The number of nitrogens with zero attached hydrogens (tertiary/aromatic N) is 2. The first-order valence-corrected chi connectivity index (χ1v) is 1.51. The predicted octanol–water partition coefficient (Wildman–Crippen LogP) is -1.82. The van der Waals surface area contributed by atoms with E-state index in [-0.39, 0.29) is 5.96 Å². The molecule has 0 amide bonds. The van der Waals surface area contributed by atoms with Gasteiger partial charge in [-0.2, -0.15) is 5.43 Å². The normalized spacial score (nSPS) is 17.0. The average Bonchev–Trinajstić information content (AvgIpc) is 1.86. The van der Waals surface area contributed by atoms with Crippen LogP contribution >= 0.6 is 0 Å². The summed E-state index contributed by atoms with van der Waals surface area (Å²) in [6.45, 7) is 0. The molecule has 1 aliphatic rings. The predicted molar refractivity (Wildman–Crippen MR) is 23.0 cm³/mol. The number of hydrogen-bond donors (Lipinski definition) is 2. The van der Waals surface area contributed by atoms with Gasteiger partial charge in [-0.05, 0) is 0 Å². The van der Waals surface area contributed by atoms with Crippen molar-refractivity contribution in [3.63, 3.8) is 0 Å². The van der Waals surface area contributed by atoms with Crippen LogP contribution in [-0.4, -0.2) is 12.3 Å². The maximum atomic E-state index is 5.02. The van der Waals surface area contributed by atoms with Crippen LogP contribution in [0.4, 0.5) is 0 Å². The smallest absolute Gasteiger partial charge is 0.303 e. The van der Waals surface area contributed by atoms with Gasteiger partial charge in [-0.3, -0.25) is 0 Å². The third-order valence-corrected chi connectivity index (χ3v) is 0.434. The second kappa shape index (κ2) is 0.965. The van der Waals surface area contributed by atoms with Crippen molar-refractivity contribution >= 4 is 12.3 Å². The first-order valence-electron chi connectivity index (χ1n) is 1.51. The van der Waals surface area contributed by atoms with E-state index in [1.165, 1.54) is 6.34 Å². The summed E-state index contributed by atoms with van der Waals surface area (Å²) in [6, 6.07) is 0. The van der Waals surface area contributed by atoms with Gasteiger partial charge in [0, 0.05) is 5.10 Å². The maximum absolute atomic E-state index is 5.02. The Labute approximate surface area is 34.7 Å². The average molecular weight is 84.1 g/mol. The fraction of sp³-hybridized carbons (Fsp3) is 0. The number of hydrogen-bond acceptors (Lipinski definition) is 4. The Morgan fingerprint density at radius 1 is 2.00 bits per heavy atom. The molecule has 0 saturated heterocycles. The Kier molecular flexibility index (Phi) is 0.506. The van der Waals surface area contributed by atoms with Crippen LogP contribution in [0.1, 0.15) is 0 Å². The lowest BCUT2D eigenvalue weighted by Gasteiger charge is -1.59. The first-order chi connectivity index (χ1) is 2.89. The van der Waals surface area contributed by atoms with E-state index in [0.717, 1.165) is 0 Å². The third kappa shape index (κ3) is 0.314. The molecule has 3 N–H and O–H groups in total. The topological polar surface area (TPSA) is 64.5 Å². The van der Waals surface area contributed by atoms with Crippen LogP contribution in [0.3, 0.4) is 0 Å². The van der Waals surface area contributed by atoms with E-state index in [1.807, 2.05) is 0 Å². The van der Waals surface area contributed by atoms with Gasteiger partial charge < -0.3 is 5.73 Å². The molecule has 1 aliphatic heterocycles. The van der Waals surface area contributed by atoms with E-state index in [0.29, 0.717) is 0 Å². The molecule has 0 aromatic heterocycles. The maximum Gasteiger partial charge on any atom is 0.405 e. The van der Waals surface area contributed by atoms with Crippen LogP contribution in [0, 0.1) is 0 Å². The van der Waals surface area contributed by atoms with Crippen molar-refractivity contribution in [2.45, 2.75) is 0 Å². The minimum atomic E-state index is 0.287. The number of aliphatic imine (C=N–C) groups is 1. The van der Waals surface area contributed by atoms with Gasteiger partial charge in [0.15, 0.2) is 0 Å². The van der Waals surface area contributed by atoms with Crippen molar-refractivity contribution in [3.8, 4) is 0 Å². The zero-order valence-corrected chi connectivity index (χ0v) is 3.05. The minimum absolute atomic E-state index is 0.287. The molecule has 0 spiro atoms. The molecule has 0 atom stereocenters. The molecule has 4 nitrogen and oxygen atoms in total. The van der Waals surface area contributed by atoms with Crippen molar-refractivity contribution in [1.29, 1.82) is 0 Å². The SMILES string of the molecule is NC1=NNC=[N+]1. The highest BCUT2D eigenvalue weighted by molar-refractivity contribution is 5.86. The highest BCUT2D eigenvalue weighted by atomic mass is 15.4. The molecular formula is C2H4N4+. The zero-order valence-electron chi connectivity index (χ0n) is 3.05. The second-order valence-electron chi connectivity index (χ2n) is 0.857. The molecule has 31 valence electrons. The molecule has 0 aliphatic carbocycles. The van der Waals surface area contributed by atoms with E-state index >= 15 is 0 Å². The zero-order chi connectivity index (χ0) is 4.41. The molecule has 1 radical (unpaired) electrons. The molecule has 4 heteroatoms. The monoisotopic (exact) mass is 84.0 g/mol. The standard InChI is InChI=1S/C2H4N4/c3-2-4-1-5-6-2/h1H,(H3,3,5,6)/q+1. The molecule has 0 aromatic carbocycles. The summed E-state index contributed by atoms with van der Waals surface area (Å²) in [5.74, 6) is 0.287. The van der Waals surface area contributed by atoms with Crippen molar-refractivity contribution in [2.75, 3.05) is 0 Å². The molecule has 0 bridgehead atoms. The minimum Gasteiger partial charge on any atom is -0.303 e. The molecule has 0 aromatic rings. The van der Waals surface area contributed by atoms with E-state index in [4.69, 9.17) is 5.73 Å². The number of hydrazone groups is 1. The van der Waals surface area contributed by atoms with Gasteiger partial charge in [0.05, 0.1) is 0 Å². The molecule has 0 saturated carbocycles. The Morgan fingerprint density at radius 2 is 2.83 bits per heavy atom. The molecule has 1 heterocycles. The van der Waals surface area contributed by atoms with Crippen LogP contribution in [0.25, 0.3) is 0 Å². The van der Waals surface area contributed by atoms with Crippen molar-refractivity contribution < 1.29 is 0 Å². The number of nitrogens with two attached hydrogens (primary N) is 1. The van der Waals surface area contributed by atoms with Crippen LogP contribution in [0.5, 0.6) is 0 Å².